The molecule has 0 aliphatic carbocycles. The Bertz CT molecular complexity index is 182. The summed E-state index contributed by atoms with van der Waals surface area (Å²) in [7, 11) is 0. The van der Waals surface area contributed by atoms with Crippen molar-refractivity contribution >= 4 is 0 Å². The Kier molecular flexibility index (Phi) is 14.8. The van der Waals surface area contributed by atoms with Crippen LogP contribution in [0.2, 0.25) is 0 Å². The molecular formula is C19H40O2. The van der Waals surface area contributed by atoms with Crippen molar-refractivity contribution in [3.05, 3.63) is 0 Å². The number of rotatable bonds is 16. The molecule has 0 fully saturated rings. The van der Waals surface area contributed by atoms with Crippen molar-refractivity contribution in [2.45, 2.75) is 111 Å². The summed E-state index contributed by atoms with van der Waals surface area (Å²) in [6.07, 6.45) is 14.7. The van der Waals surface area contributed by atoms with Crippen LogP contribution in [0.1, 0.15) is 105 Å². The molecule has 0 rings (SSSR count). The molecule has 0 saturated carbocycles. The third kappa shape index (κ3) is 11.2. The van der Waals surface area contributed by atoms with Crippen molar-refractivity contribution in [1.82, 2.24) is 0 Å². The lowest BCUT2D eigenvalue weighted by molar-refractivity contribution is -0.246. The number of unbranched alkanes of at least 4 members (excludes halogenated alkanes) is 6. The van der Waals surface area contributed by atoms with Crippen molar-refractivity contribution in [2.75, 3.05) is 13.2 Å². The van der Waals surface area contributed by atoms with Gasteiger partial charge in [0.15, 0.2) is 5.79 Å². The molecule has 0 aromatic carbocycles. The molecule has 0 aromatic heterocycles. The normalized spacial score (nSPS) is 12.0. The largest absolute Gasteiger partial charge is 0.350 e. The number of hydrogen-bond acceptors (Lipinski definition) is 2. The summed E-state index contributed by atoms with van der Waals surface area (Å²) in [6.45, 7) is 10.5. The van der Waals surface area contributed by atoms with Gasteiger partial charge in [0.1, 0.15) is 0 Å². The second kappa shape index (κ2) is 14.8. The molecule has 128 valence electrons. The summed E-state index contributed by atoms with van der Waals surface area (Å²) >= 11 is 0. The van der Waals surface area contributed by atoms with Gasteiger partial charge in [0.05, 0.1) is 0 Å². The molecule has 0 aromatic rings. The zero-order valence-corrected chi connectivity index (χ0v) is 15.2. The maximum Gasteiger partial charge on any atom is 0.168 e. The van der Waals surface area contributed by atoms with E-state index >= 15 is 0 Å². The smallest absolute Gasteiger partial charge is 0.168 e. The van der Waals surface area contributed by atoms with Crippen molar-refractivity contribution in [2.24, 2.45) is 0 Å². The fourth-order valence-corrected chi connectivity index (χ4v) is 2.65. The fourth-order valence-electron chi connectivity index (χ4n) is 2.65. The van der Waals surface area contributed by atoms with Crippen LogP contribution in [-0.4, -0.2) is 19.0 Å². The molecule has 0 spiro atoms. The van der Waals surface area contributed by atoms with E-state index in [0.717, 1.165) is 38.9 Å². The minimum Gasteiger partial charge on any atom is -0.350 e. The second-order valence-electron chi connectivity index (χ2n) is 6.23. The average Bonchev–Trinajstić information content (AvgIpc) is 2.51. The molecule has 2 heteroatoms. The van der Waals surface area contributed by atoms with E-state index in [0.29, 0.717) is 0 Å². The molecule has 0 aliphatic rings. The first-order chi connectivity index (χ1) is 10.2. The van der Waals surface area contributed by atoms with Crippen LogP contribution in [0.25, 0.3) is 0 Å². The van der Waals surface area contributed by atoms with Crippen LogP contribution in [0.15, 0.2) is 0 Å². The average molecular weight is 301 g/mol. The Morgan fingerprint density at radius 3 is 1.52 bits per heavy atom. The van der Waals surface area contributed by atoms with Crippen LogP contribution < -0.4 is 0 Å². The summed E-state index contributed by atoms with van der Waals surface area (Å²) in [5, 5.41) is 0. The zero-order valence-electron chi connectivity index (χ0n) is 15.2. The van der Waals surface area contributed by atoms with E-state index in [4.69, 9.17) is 9.47 Å². The summed E-state index contributed by atoms with van der Waals surface area (Å²) in [5.41, 5.74) is 0. The van der Waals surface area contributed by atoms with Gasteiger partial charge in [-0.15, -0.1) is 0 Å². The van der Waals surface area contributed by atoms with Gasteiger partial charge in [0.2, 0.25) is 0 Å². The van der Waals surface area contributed by atoms with Crippen LogP contribution in [-0.2, 0) is 9.47 Å². The van der Waals surface area contributed by atoms with Gasteiger partial charge in [-0.05, 0) is 25.7 Å². The van der Waals surface area contributed by atoms with Gasteiger partial charge < -0.3 is 9.47 Å². The molecule has 0 aliphatic heterocycles. The van der Waals surface area contributed by atoms with Crippen LogP contribution >= 0.6 is 0 Å². The molecule has 21 heavy (non-hydrogen) atoms. The lowest BCUT2D eigenvalue weighted by atomic mass is 10.00. The highest BCUT2D eigenvalue weighted by molar-refractivity contribution is 4.71. The zero-order chi connectivity index (χ0) is 15.8. The summed E-state index contributed by atoms with van der Waals surface area (Å²) < 4.78 is 12.4. The molecule has 0 saturated heterocycles. The van der Waals surface area contributed by atoms with E-state index in [-0.39, 0.29) is 5.79 Å². The monoisotopic (exact) mass is 300 g/mol. The van der Waals surface area contributed by atoms with Crippen LogP contribution in [0.5, 0.6) is 0 Å². The molecular weight excluding hydrogens is 260 g/mol. The van der Waals surface area contributed by atoms with Gasteiger partial charge >= 0.3 is 0 Å². The second-order valence-corrected chi connectivity index (χ2v) is 6.23. The summed E-state index contributed by atoms with van der Waals surface area (Å²) in [6, 6.07) is 0. The van der Waals surface area contributed by atoms with E-state index in [1.807, 2.05) is 0 Å². The molecule has 0 unspecified atom stereocenters. The third-order valence-electron chi connectivity index (χ3n) is 3.96. The van der Waals surface area contributed by atoms with E-state index < -0.39 is 0 Å². The summed E-state index contributed by atoms with van der Waals surface area (Å²) in [4.78, 5) is 0. The Hall–Kier alpha value is -0.0800. The molecule has 0 radical (unpaired) electrons. The molecule has 0 atom stereocenters. The molecule has 0 heterocycles. The van der Waals surface area contributed by atoms with Gasteiger partial charge in [-0.2, -0.15) is 0 Å². The van der Waals surface area contributed by atoms with Crippen LogP contribution in [0.4, 0.5) is 0 Å². The Labute approximate surface area is 134 Å². The van der Waals surface area contributed by atoms with E-state index in [1.54, 1.807) is 0 Å². The highest BCUT2D eigenvalue weighted by Gasteiger charge is 2.30. The van der Waals surface area contributed by atoms with E-state index in [2.05, 4.69) is 27.7 Å². The van der Waals surface area contributed by atoms with Crippen molar-refractivity contribution in [3.8, 4) is 0 Å². The standard InChI is InChI=1S/C19H40O2/c1-5-9-11-12-13-14-16-19(15-10-6-2,20-17-7-3)21-18-8-4/h5-18H2,1-4H3. The highest BCUT2D eigenvalue weighted by Crippen LogP contribution is 2.28. The Morgan fingerprint density at radius 2 is 1.00 bits per heavy atom. The maximum absolute atomic E-state index is 6.19. The first kappa shape index (κ1) is 20.9. The summed E-state index contributed by atoms with van der Waals surface area (Å²) in [5.74, 6) is -0.299. The molecule has 0 amide bonds. The molecule has 0 bridgehead atoms. The minimum atomic E-state index is -0.299. The Morgan fingerprint density at radius 1 is 0.524 bits per heavy atom. The topological polar surface area (TPSA) is 18.5 Å². The SMILES string of the molecule is CCCCCCCCC(CCCC)(OCCC)OCCC. The van der Waals surface area contributed by atoms with Crippen molar-refractivity contribution in [3.63, 3.8) is 0 Å². The first-order valence-electron chi connectivity index (χ1n) is 9.52. The van der Waals surface area contributed by atoms with Crippen LogP contribution in [0, 0.1) is 0 Å². The van der Waals surface area contributed by atoms with Crippen LogP contribution in [0.3, 0.4) is 0 Å². The van der Waals surface area contributed by atoms with E-state index in [1.165, 1.54) is 51.4 Å². The van der Waals surface area contributed by atoms with E-state index in [9.17, 15) is 0 Å². The molecule has 0 N–H and O–H groups in total. The fraction of sp³-hybridized carbons (Fsp3) is 1.00. The number of hydrogen-bond donors (Lipinski definition) is 0. The quantitative estimate of drug-likeness (QED) is 0.240. The van der Waals surface area contributed by atoms with Gasteiger partial charge in [-0.25, -0.2) is 0 Å². The lowest BCUT2D eigenvalue weighted by Crippen LogP contribution is -2.37. The predicted molar refractivity (Wildman–Crippen MR) is 92.7 cm³/mol. The minimum absolute atomic E-state index is 0.299. The van der Waals surface area contributed by atoms with Gasteiger partial charge in [0.25, 0.3) is 0 Å². The molecule has 2 nitrogen and oxygen atoms in total. The van der Waals surface area contributed by atoms with Crippen molar-refractivity contribution < 1.29 is 9.47 Å². The Balaban J connectivity index is 4.28. The van der Waals surface area contributed by atoms with Gasteiger partial charge in [0, 0.05) is 26.1 Å². The van der Waals surface area contributed by atoms with Gasteiger partial charge in [-0.3, -0.25) is 0 Å². The highest BCUT2D eigenvalue weighted by atomic mass is 16.7. The maximum atomic E-state index is 6.19. The third-order valence-corrected chi connectivity index (χ3v) is 3.96. The number of ether oxygens (including phenoxy) is 2. The van der Waals surface area contributed by atoms with Gasteiger partial charge in [-0.1, -0.05) is 66.2 Å². The lowest BCUT2D eigenvalue weighted by Gasteiger charge is -2.34. The predicted octanol–water partition coefficient (Wildman–Crippen LogP) is 6.48. The van der Waals surface area contributed by atoms with Crippen molar-refractivity contribution in [1.29, 1.82) is 0 Å². The first-order valence-corrected chi connectivity index (χ1v) is 9.52.